The summed E-state index contributed by atoms with van der Waals surface area (Å²) in [6, 6.07) is 6.09. The van der Waals surface area contributed by atoms with Gasteiger partial charge in [0, 0.05) is 0 Å². The van der Waals surface area contributed by atoms with Gasteiger partial charge in [-0.15, -0.1) is 0 Å². The van der Waals surface area contributed by atoms with Crippen LogP contribution in [-0.2, 0) is 4.65 Å². The first-order chi connectivity index (χ1) is 16.0. The van der Waals surface area contributed by atoms with E-state index in [2.05, 4.69) is 25.9 Å². The molecule has 3 heterocycles. The van der Waals surface area contributed by atoms with Crippen LogP contribution in [0.15, 0.2) is 52.8 Å². The van der Waals surface area contributed by atoms with Gasteiger partial charge in [0.25, 0.3) is 0 Å². The average molecular weight is 450 g/mol. The van der Waals surface area contributed by atoms with Crippen molar-refractivity contribution in [2.75, 3.05) is 12.0 Å². The van der Waals surface area contributed by atoms with Crippen molar-refractivity contribution in [3.63, 3.8) is 0 Å². The Morgan fingerprint density at radius 3 is 2.85 bits per heavy atom. The number of carbonyl (C=O) groups excluding carboxylic acids is 1. The summed E-state index contributed by atoms with van der Waals surface area (Å²) in [5.74, 6) is -1.57. The Bertz CT molecular complexity index is 1160. The topological polar surface area (TPSA) is 111 Å². The van der Waals surface area contributed by atoms with Crippen LogP contribution in [0.25, 0.3) is 0 Å². The minimum atomic E-state index is -0.553. The first-order valence-electron chi connectivity index (χ1n) is 10.3. The third kappa shape index (κ3) is 5.60. The molecule has 0 fully saturated rings. The molecule has 4 rings (SSSR count). The molecule has 1 aromatic heterocycles. The summed E-state index contributed by atoms with van der Waals surface area (Å²) in [4.78, 5) is 20.3. The maximum atomic E-state index is 14.7. The fourth-order valence-electron chi connectivity index (χ4n) is 3.35. The van der Waals surface area contributed by atoms with Crippen molar-refractivity contribution in [1.82, 2.24) is 15.6 Å². The van der Waals surface area contributed by atoms with Crippen molar-refractivity contribution in [2.45, 2.75) is 26.3 Å². The summed E-state index contributed by atoms with van der Waals surface area (Å²) in [7, 11) is 1.24. The molecule has 2 aliphatic rings. The zero-order valence-corrected chi connectivity index (χ0v) is 18.0. The molecule has 1 amide bonds. The molecule has 0 saturated heterocycles. The molecule has 0 radical (unpaired) electrons. The molecular weight excluding hydrogens is 429 g/mol. The van der Waals surface area contributed by atoms with Gasteiger partial charge >= 0.3 is 172 Å². The third-order valence-electron chi connectivity index (χ3n) is 4.78. The predicted octanol–water partition coefficient (Wildman–Crippen LogP) is 2.81. The standard InChI is InChI=1S/C20H15BF2N6O2.C2H6/c22-11-1-4-16(26-7-11)20(30)28-12-2-3-15(23)13(5-12)18-6-17-14(8-25-10-27-17)19(29-18)21-31-9-24;1-2/h1-5,7-8,18,27,29H,6,10H2,(H,28,30);1-2H3/t18-;/m0./s1. The Kier molecular flexibility index (Phi) is 7.86. The van der Waals surface area contributed by atoms with Gasteiger partial charge in [0.1, 0.15) is 0 Å². The number of nitrogens with zero attached hydrogens (tertiary/aromatic N) is 3. The Morgan fingerprint density at radius 1 is 1.30 bits per heavy atom. The number of halogens is 2. The molecule has 168 valence electrons. The van der Waals surface area contributed by atoms with Crippen LogP contribution in [-0.4, -0.2) is 36.5 Å². The van der Waals surface area contributed by atoms with E-state index in [-0.39, 0.29) is 5.69 Å². The number of nitrogens with one attached hydrogen (secondary N) is 3. The van der Waals surface area contributed by atoms with Crippen LogP contribution >= 0.6 is 0 Å². The van der Waals surface area contributed by atoms with Gasteiger partial charge in [-0.3, -0.25) is 0 Å². The van der Waals surface area contributed by atoms with E-state index in [1.54, 1.807) is 12.5 Å². The summed E-state index contributed by atoms with van der Waals surface area (Å²) >= 11 is 0. The van der Waals surface area contributed by atoms with Crippen molar-refractivity contribution in [3.8, 4) is 6.26 Å². The number of hydrogen-bond acceptors (Lipinski definition) is 7. The molecule has 11 heteroatoms. The Morgan fingerprint density at radius 2 is 2.12 bits per heavy atom. The summed E-state index contributed by atoms with van der Waals surface area (Å²) in [6.07, 6.45) is 4.60. The molecule has 1 atom stereocenters. The normalized spacial score (nSPS) is 17.3. The number of aliphatic imine (C=N–C) groups is 1. The van der Waals surface area contributed by atoms with E-state index in [4.69, 9.17) is 9.92 Å². The second-order valence-electron chi connectivity index (χ2n) is 6.73. The molecule has 8 nitrogen and oxygen atoms in total. The number of carbonyl (C=O) groups is 1. The third-order valence-corrected chi connectivity index (χ3v) is 4.78. The zero-order chi connectivity index (χ0) is 23.8. The average Bonchev–Trinajstić information content (AvgIpc) is 2.85. The number of hydrogen-bond donors (Lipinski definition) is 3. The van der Waals surface area contributed by atoms with Crippen LogP contribution in [0.3, 0.4) is 0 Å². The Hall–Kier alpha value is -4.07. The van der Waals surface area contributed by atoms with Gasteiger partial charge in [-0.1, -0.05) is 13.8 Å². The van der Waals surface area contributed by atoms with Gasteiger partial charge in [0.05, 0.1) is 0 Å². The number of aromatic nitrogens is 1. The first kappa shape index (κ1) is 23.6. The van der Waals surface area contributed by atoms with Crippen LogP contribution in [0, 0.1) is 23.2 Å². The van der Waals surface area contributed by atoms with Crippen LogP contribution in [0.5, 0.6) is 0 Å². The number of rotatable bonds is 4. The molecular formula is C22H21BF2N6O2. The van der Waals surface area contributed by atoms with E-state index in [0.29, 0.717) is 29.9 Å². The van der Waals surface area contributed by atoms with Crippen molar-refractivity contribution in [3.05, 3.63) is 70.7 Å². The molecule has 0 unspecified atom stereocenters. The van der Waals surface area contributed by atoms with Crippen LogP contribution in [0.4, 0.5) is 14.5 Å². The van der Waals surface area contributed by atoms with Gasteiger partial charge in [-0.2, -0.15) is 0 Å². The van der Waals surface area contributed by atoms with Crippen molar-refractivity contribution in [2.24, 2.45) is 4.99 Å². The molecule has 1 aromatic carbocycles. The van der Waals surface area contributed by atoms with Crippen molar-refractivity contribution >= 4 is 30.5 Å². The Balaban J connectivity index is 0.00000149. The summed E-state index contributed by atoms with van der Waals surface area (Å²) in [6.45, 7) is 4.39. The molecule has 2 aliphatic heterocycles. The zero-order valence-electron chi connectivity index (χ0n) is 18.0. The van der Waals surface area contributed by atoms with E-state index in [9.17, 15) is 13.6 Å². The number of anilines is 1. The quantitative estimate of drug-likeness (QED) is 0.488. The monoisotopic (exact) mass is 450 g/mol. The van der Waals surface area contributed by atoms with Crippen LogP contribution in [0.1, 0.15) is 42.4 Å². The number of pyridine rings is 1. The predicted molar refractivity (Wildman–Crippen MR) is 121 cm³/mol. The van der Waals surface area contributed by atoms with Crippen LogP contribution < -0.4 is 16.0 Å². The van der Waals surface area contributed by atoms with Gasteiger partial charge < -0.3 is 0 Å². The second-order valence-corrected chi connectivity index (χ2v) is 6.73. The number of benzene rings is 1. The van der Waals surface area contributed by atoms with E-state index in [0.717, 1.165) is 23.5 Å². The van der Waals surface area contributed by atoms with Gasteiger partial charge in [-0.25, -0.2) is 4.39 Å². The molecule has 0 aliphatic carbocycles. The van der Waals surface area contributed by atoms with Crippen molar-refractivity contribution < 1.29 is 18.2 Å². The SMILES string of the molecule is CC.N#COB=C1N[C@H](c2cc(NC(=O)c3ccc(F)cn3)ccc2F)CC2=C1C=NCN2. The van der Waals surface area contributed by atoms with E-state index >= 15 is 0 Å². The molecule has 3 N–H and O–H groups in total. The molecule has 0 saturated carbocycles. The maximum absolute atomic E-state index is 14.7. The summed E-state index contributed by atoms with van der Waals surface area (Å²) in [5.41, 5.74) is 2.73. The first-order valence-corrected chi connectivity index (χ1v) is 10.3. The van der Waals surface area contributed by atoms with Gasteiger partial charge in [0.15, 0.2) is 0 Å². The van der Waals surface area contributed by atoms with Crippen molar-refractivity contribution in [1.29, 1.82) is 5.26 Å². The second kappa shape index (κ2) is 11.0. The summed E-state index contributed by atoms with van der Waals surface area (Å²) < 4.78 is 32.4. The Labute approximate surface area is 190 Å². The number of amides is 1. The van der Waals surface area contributed by atoms with E-state index < -0.39 is 23.6 Å². The fraction of sp³-hybridized carbons (Fsp3) is 0.227. The van der Waals surface area contributed by atoms with Gasteiger partial charge in [0.2, 0.25) is 0 Å². The molecule has 33 heavy (non-hydrogen) atoms. The molecule has 2 aromatic rings. The van der Waals surface area contributed by atoms with E-state index in [1.807, 2.05) is 13.8 Å². The summed E-state index contributed by atoms with van der Waals surface area (Å²) in [5, 5.41) is 17.7. The minimum absolute atomic E-state index is 0.0300. The molecule has 0 spiro atoms. The van der Waals surface area contributed by atoms with Crippen LogP contribution in [0.2, 0.25) is 0 Å². The van der Waals surface area contributed by atoms with E-state index in [1.165, 1.54) is 31.4 Å². The number of nitriles is 1. The molecule has 0 bridgehead atoms. The van der Waals surface area contributed by atoms with Gasteiger partial charge in [-0.05, 0) is 0 Å². The fourth-order valence-corrected chi connectivity index (χ4v) is 3.35.